The molecule has 0 saturated heterocycles. The first-order valence-electron chi connectivity index (χ1n) is 5.84. The second-order valence-corrected chi connectivity index (χ2v) is 6.03. The molecule has 2 N–H and O–H groups in total. The van der Waals surface area contributed by atoms with E-state index >= 15 is 0 Å². The van der Waals surface area contributed by atoms with E-state index in [0.717, 1.165) is 17.7 Å². The van der Waals surface area contributed by atoms with E-state index in [2.05, 4.69) is 9.71 Å². The van der Waals surface area contributed by atoms with Crippen LogP contribution in [0.2, 0.25) is 0 Å². The van der Waals surface area contributed by atoms with Gasteiger partial charge in [0.05, 0.1) is 11.4 Å². The molecule has 0 fully saturated rings. The smallest absolute Gasteiger partial charge is 0.233 e. The van der Waals surface area contributed by atoms with E-state index < -0.39 is 21.6 Å². The molecule has 0 aliphatic heterocycles. The maximum atomic E-state index is 12.8. The maximum Gasteiger partial charge on any atom is 0.233 e. The highest BCUT2D eigenvalue weighted by Crippen LogP contribution is 2.24. The average Bonchev–Trinajstić information content (AvgIpc) is 2.41. The number of anilines is 1. The molecule has 2 rings (SSSR count). The molecule has 0 unspecified atom stereocenters. The summed E-state index contributed by atoms with van der Waals surface area (Å²) in [5.41, 5.74) is 0.801. The van der Waals surface area contributed by atoms with E-state index in [4.69, 9.17) is 0 Å². The number of aromatic hydroxyl groups is 1. The zero-order chi connectivity index (χ0) is 14.6. The number of halogens is 1. The third-order valence-corrected chi connectivity index (χ3v) is 3.91. The summed E-state index contributed by atoms with van der Waals surface area (Å²) in [6, 6.07) is 6.55. The predicted molar refractivity (Wildman–Crippen MR) is 73.4 cm³/mol. The number of phenolic OH excluding ortho intramolecular Hbond substituents is 1. The van der Waals surface area contributed by atoms with Gasteiger partial charge in [-0.05, 0) is 36.2 Å². The summed E-state index contributed by atoms with van der Waals surface area (Å²) in [7, 11) is -3.62. The Balaban J connectivity index is 2.04. The highest BCUT2D eigenvalue weighted by atomic mass is 32.2. The predicted octanol–water partition coefficient (Wildman–Crippen LogP) is 1.91. The summed E-state index contributed by atoms with van der Waals surface area (Å²) in [4.78, 5) is 3.84. The third kappa shape index (κ3) is 3.92. The van der Waals surface area contributed by atoms with Gasteiger partial charge in [0, 0.05) is 18.5 Å². The van der Waals surface area contributed by atoms with Gasteiger partial charge in [-0.25, -0.2) is 12.8 Å². The molecule has 1 aromatic carbocycles. The number of aryl methyl sites for hydroxylation is 1. The van der Waals surface area contributed by atoms with Gasteiger partial charge in [-0.15, -0.1) is 0 Å². The van der Waals surface area contributed by atoms with Gasteiger partial charge in [0.15, 0.2) is 0 Å². The third-order valence-electron chi connectivity index (χ3n) is 2.63. The Bertz CT molecular complexity index is 690. The van der Waals surface area contributed by atoms with Crippen molar-refractivity contribution in [3.05, 3.63) is 54.1 Å². The molecule has 0 aliphatic carbocycles. The Morgan fingerprint density at radius 1 is 1.20 bits per heavy atom. The van der Waals surface area contributed by atoms with Gasteiger partial charge in [0.25, 0.3) is 0 Å². The van der Waals surface area contributed by atoms with Crippen LogP contribution >= 0.6 is 0 Å². The molecule has 1 aromatic heterocycles. The van der Waals surface area contributed by atoms with Gasteiger partial charge >= 0.3 is 0 Å². The lowest BCUT2D eigenvalue weighted by Gasteiger charge is -2.09. The van der Waals surface area contributed by atoms with E-state index in [0.29, 0.717) is 6.42 Å². The molecule has 0 saturated carbocycles. The second kappa shape index (κ2) is 5.87. The Kier molecular flexibility index (Phi) is 4.19. The van der Waals surface area contributed by atoms with Crippen LogP contribution in [0.5, 0.6) is 5.75 Å². The summed E-state index contributed by atoms with van der Waals surface area (Å²) in [5.74, 6) is -1.23. The Hall–Kier alpha value is -2.15. The molecule has 0 radical (unpaired) electrons. The number of phenols is 1. The highest BCUT2D eigenvalue weighted by molar-refractivity contribution is 7.92. The molecule has 0 aliphatic rings. The minimum Gasteiger partial charge on any atom is -0.506 e. The number of nitrogens with zero attached hydrogens (tertiary/aromatic N) is 1. The summed E-state index contributed by atoms with van der Waals surface area (Å²) in [6.07, 6.45) is 3.49. The molecule has 0 spiro atoms. The normalized spacial score (nSPS) is 11.2. The topological polar surface area (TPSA) is 79.3 Å². The molecule has 106 valence electrons. The van der Waals surface area contributed by atoms with Crippen molar-refractivity contribution in [2.45, 2.75) is 6.42 Å². The fraction of sp³-hybridized carbons (Fsp3) is 0.154. The first-order chi connectivity index (χ1) is 9.46. The SMILES string of the molecule is O=S(=O)(CCc1ccncc1)Nc1ccc(F)cc1O. The first-order valence-corrected chi connectivity index (χ1v) is 7.49. The Labute approximate surface area is 116 Å². The molecule has 1 heterocycles. The number of sulfonamides is 1. The molecule has 5 nitrogen and oxygen atoms in total. The van der Waals surface area contributed by atoms with E-state index in [1.165, 1.54) is 6.07 Å². The van der Waals surface area contributed by atoms with Crippen molar-refractivity contribution >= 4 is 15.7 Å². The van der Waals surface area contributed by atoms with E-state index in [1.807, 2.05) is 0 Å². The van der Waals surface area contributed by atoms with Crippen LogP contribution in [-0.4, -0.2) is 24.3 Å². The van der Waals surface area contributed by atoms with Gasteiger partial charge in [0.2, 0.25) is 10.0 Å². The Morgan fingerprint density at radius 2 is 1.90 bits per heavy atom. The summed E-state index contributed by atoms with van der Waals surface area (Å²) < 4.78 is 38.8. The van der Waals surface area contributed by atoms with Crippen LogP contribution in [0.1, 0.15) is 5.56 Å². The van der Waals surface area contributed by atoms with Crippen LogP contribution < -0.4 is 4.72 Å². The molecular formula is C13H13FN2O3S. The van der Waals surface area contributed by atoms with Crippen molar-refractivity contribution in [3.63, 3.8) is 0 Å². The standard InChI is InChI=1S/C13H13FN2O3S/c14-11-1-2-12(13(17)9-11)16-20(18,19)8-5-10-3-6-15-7-4-10/h1-4,6-7,9,16-17H,5,8H2. The van der Waals surface area contributed by atoms with Crippen molar-refractivity contribution in [1.29, 1.82) is 0 Å². The van der Waals surface area contributed by atoms with Gasteiger partial charge in [-0.1, -0.05) is 0 Å². The monoisotopic (exact) mass is 296 g/mol. The number of benzene rings is 1. The fourth-order valence-electron chi connectivity index (χ4n) is 1.61. The van der Waals surface area contributed by atoms with E-state index in [1.54, 1.807) is 24.5 Å². The van der Waals surface area contributed by atoms with Crippen molar-refractivity contribution in [2.24, 2.45) is 0 Å². The lowest BCUT2D eigenvalue weighted by atomic mass is 10.2. The van der Waals surface area contributed by atoms with Gasteiger partial charge < -0.3 is 5.11 Å². The van der Waals surface area contributed by atoms with Gasteiger partial charge in [-0.2, -0.15) is 0 Å². The van der Waals surface area contributed by atoms with Crippen LogP contribution in [0.4, 0.5) is 10.1 Å². The van der Waals surface area contributed by atoms with E-state index in [9.17, 15) is 17.9 Å². The molecule has 0 atom stereocenters. The molecular weight excluding hydrogens is 283 g/mol. The van der Waals surface area contributed by atoms with Crippen molar-refractivity contribution in [1.82, 2.24) is 4.98 Å². The quantitative estimate of drug-likeness (QED) is 0.826. The summed E-state index contributed by atoms with van der Waals surface area (Å²) >= 11 is 0. The molecule has 7 heteroatoms. The number of hydrogen-bond acceptors (Lipinski definition) is 4. The number of aromatic nitrogens is 1. The van der Waals surface area contributed by atoms with Crippen LogP contribution in [0.15, 0.2) is 42.7 Å². The summed E-state index contributed by atoms with van der Waals surface area (Å²) in [6.45, 7) is 0. The molecule has 0 amide bonds. The first kappa shape index (κ1) is 14.3. The van der Waals surface area contributed by atoms with Gasteiger partial charge in [-0.3, -0.25) is 9.71 Å². The molecule has 0 bridgehead atoms. The van der Waals surface area contributed by atoms with Crippen LogP contribution in [0.3, 0.4) is 0 Å². The number of hydrogen-bond donors (Lipinski definition) is 2. The molecule has 20 heavy (non-hydrogen) atoms. The van der Waals surface area contributed by atoms with E-state index in [-0.39, 0.29) is 11.4 Å². The second-order valence-electron chi connectivity index (χ2n) is 4.19. The zero-order valence-electron chi connectivity index (χ0n) is 10.5. The van der Waals surface area contributed by atoms with Crippen molar-refractivity contribution < 1.29 is 17.9 Å². The number of rotatable bonds is 5. The lowest BCUT2D eigenvalue weighted by molar-refractivity contribution is 0.471. The fourth-order valence-corrected chi connectivity index (χ4v) is 2.73. The lowest BCUT2D eigenvalue weighted by Crippen LogP contribution is -2.18. The zero-order valence-corrected chi connectivity index (χ0v) is 11.3. The number of pyridine rings is 1. The highest BCUT2D eigenvalue weighted by Gasteiger charge is 2.13. The van der Waals surface area contributed by atoms with Crippen molar-refractivity contribution in [3.8, 4) is 5.75 Å². The average molecular weight is 296 g/mol. The Morgan fingerprint density at radius 3 is 2.55 bits per heavy atom. The van der Waals surface area contributed by atoms with Crippen LogP contribution in [-0.2, 0) is 16.4 Å². The molecule has 2 aromatic rings. The van der Waals surface area contributed by atoms with Crippen LogP contribution in [0.25, 0.3) is 0 Å². The minimum absolute atomic E-state index is 0.0406. The maximum absolute atomic E-state index is 12.8. The largest absolute Gasteiger partial charge is 0.506 e. The minimum atomic E-state index is -3.62. The summed E-state index contributed by atoms with van der Waals surface area (Å²) in [5, 5.41) is 9.46. The van der Waals surface area contributed by atoms with Crippen LogP contribution in [0, 0.1) is 5.82 Å². The van der Waals surface area contributed by atoms with Gasteiger partial charge in [0.1, 0.15) is 11.6 Å². The van der Waals surface area contributed by atoms with Crippen molar-refractivity contribution in [2.75, 3.05) is 10.5 Å². The number of nitrogens with one attached hydrogen (secondary N) is 1.